The lowest BCUT2D eigenvalue weighted by atomic mass is 9.95. The number of ether oxygens (including phenoxy) is 4. The van der Waals surface area contributed by atoms with Gasteiger partial charge in [0.25, 0.3) is 0 Å². The summed E-state index contributed by atoms with van der Waals surface area (Å²) in [6, 6.07) is 8.50. The molecule has 7 nitrogen and oxygen atoms in total. The second-order valence-electron chi connectivity index (χ2n) is 5.66. The fourth-order valence-corrected chi connectivity index (χ4v) is 2.56. The number of hydrogen-bond donors (Lipinski definition) is 0. The number of rotatable bonds is 5. The maximum absolute atomic E-state index is 12.0. The summed E-state index contributed by atoms with van der Waals surface area (Å²) in [4.78, 5) is 34.7. The van der Waals surface area contributed by atoms with Crippen molar-refractivity contribution in [2.24, 2.45) is 0 Å². The molecule has 1 aromatic rings. The molecule has 1 fully saturated rings. The summed E-state index contributed by atoms with van der Waals surface area (Å²) in [6.07, 6.45) is -1.50. The molecule has 0 aliphatic carbocycles. The Morgan fingerprint density at radius 2 is 1.83 bits per heavy atom. The second-order valence-corrected chi connectivity index (χ2v) is 5.66. The van der Waals surface area contributed by atoms with Crippen molar-refractivity contribution in [3.8, 4) is 0 Å². The van der Waals surface area contributed by atoms with Crippen molar-refractivity contribution in [3.05, 3.63) is 35.9 Å². The Kier molecular flexibility index (Phi) is 5.56. The van der Waals surface area contributed by atoms with Gasteiger partial charge in [0, 0.05) is 13.8 Å². The van der Waals surface area contributed by atoms with E-state index in [-0.39, 0.29) is 13.2 Å². The summed E-state index contributed by atoms with van der Waals surface area (Å²) >= 11 is 0. The van der Waals surface area contributed by atoms with E-state index in [0.717, 1.165) is 0 Å². The van der Waals surface area contributed by atoms with Gasteiger partial charge in [-0.1, -0.05) is 18.2 Å². The van der Waals surface area contributed by atoms with Gasteiger partial charge in [-0.05, 0) is 19.1 Å². The van der Waals surface area contributed by atoms with E-state index in [4.69, 9.17) is 18.9 Å². The topological polar surface area (TPSA) is 88.1 Å². The third kappa shape index (κ3) is 4.11. The number of carbonyl (C=O) groups is 3. The minimum absolute atomic E-state index is 0.0525. The third-order valence-corrected chi connectivity index (χ3v) is 3.77. The van der Waals surface area contributed by atoms with E-state index in [2.05, 4.69) is 0 Å². The zero-order valence-corrected chi connectivity index (χ0v) is 13.8. The molecule has 0 bridgehead atoms. The lowest BCUT2D eigenvalue weighted by molar-refractivity contribution is -0.180. The largest absolute Gasteiger partial charge is 0.459 e. The Bertz CT molecular complexity index is 613. The predicted molar refractivity (Wildman–Crippen MR) is 82.2 cm³/mol. The van der Waals surface area contributed by atoms with Crippen LogP contribution in [0.1, 0.15) is 31.1 Å². The molecule has 0 amide bonds. The molecule has 0 spiro atoms. The lowest BCUT2D eigenvalue weighted by Gasteiger charge is -2.32. The van der Waals surface area contributed by atoms with Gasteiger partial charge in [-0.15, -0.1) is 0 Å². The minimum Gasteiger partial charge on any atom is -0.459 e. The summed E-state index contributed by atoms with van der Waals surface area (Å²) in [6.45, 7) is 4.03. The number of hydrogen-bond acceptors (Lipinski definition) is 7. The predicted octanol–water partition coefficient (Wildman–Crippen LogP) is 1.50. The molecule has 2 unspecified atom stereocenters. The summed E-state index contributed by atoms with van der Waals surface area (Å²) in [5.41, 5.74) is -0.824. The molecule has 1 saturated heterocycles. The average molecular weight is 336 g/mol. The maximum Gasteiger partial charge on any atom is 0.338 e. The Labute approximate surface area is 139 Å². The van der Waals surface area contributed by atoms with Gasteiger partial charge in [0.15, 0.2) is 11.7 Å². The summed E-state index contributed by atoms with van der Waals surface area (Å²) in [7, 11) is 0. The van der Waals surface area contributed by atoms with Gasteiger partial charge < -0.3 is 18.9 Å². The van der Waals surface area contributed by atoms with Crippen molar-refractivity contribution >= 4 is 17.9 Å². The third-order valence-electron chi connectivity index (χ3n) is 3.77. The molecule has 3 atom stereocenters. The van der Waals surface area contributed by atoms with Crippen molar-refractivity contribution in [1.29, 1.82) is 0 Å². The fourth-order valence-electron chi connectivity index (χ4n) is 2.56. The van der Waals surface area contributed by atoms with Crippen LogP contribution in [0.4, 0.5) is 0 Å². The van der Waals surface area contributed by atoms with E-state index in [1.807, 2.05) is 0 Å². The van der Waals surface area contributed by atoms with Crippen molar-refractivity contribution in [2.45, 2.75) is 38.6 Å². The van der Waals surface area contributed by atoms with Gasteiger partial charge in [-0.3, -0.25) is 9.59 Å². The molecule has 130 valence electrons. The van der Waals surface area contributed by atoms with Gasteiger partial charge >= 0.3 is 17.9 Å². The van der Waals surface area contributed by atoms with E-state index in [1.165, 1.54) is 13.8 Å². The molecule has 1 heterocycles. The Morgan fingerprint density at radius 3 is 2.42 bits per heavy atom. The lowest BCUT2D eigenvalue weighted by Crippen LogP contribution is -2.51. The molecule has 7 heteroatoms. The molecular formula is C17H20O7. The molecule has 0 aromatic heterocycles. The normalized spacial score (nSPS) is 25.8. The maximum atomic E-state index is 12.0. The van der Waals surface area contributed by atoms with Gasteiger partial charge in [0.1, 0.15) is 12.7 Å². The highest BCUT2D eigenvalue weighted by Gasteiger charge is 2.53. The summed E-state index contributed by atoms with van der Waals surface area (Å²) in [5.74, 6) is -1.57. The van der Waals surface area contributed by atoms with Crippen LogP contribution < -0.4 is 0 Å². The summed E-state index contributed by atoms with van der Waals surface area (Å²) in [5, 5.41) is 0. The Hall–Kier alpha value is -2.41. The molecule has 1 aromatic carbocycles. The highest BCUT2D eigenvalue weighted by atomic mass is 16.7. The smallest absolute Gasteiger partial charge is 0.338 e. The van der Waals surface area contributed by atoms with Crippen LogP contribution in [0, 0.1) is 0 Å². The van der Waals surface area contributed by atoms with Crippen LogP contribution in [0.2, 0.25) is 0 Å². The fraction of sp³-hybridized carbons (Fsp3) is 0.471. The van der Waals surface area contributed by atoms with Crippen LogP contribution in [-0.4, -0.2) is 48.9 Å². The van der Waals surface area contributed by atoms with Crippen molar-refractivity contribution < 1.29 is 33.3 Å². The molecular weight excluding hydrogens is 316 g/mol. The molecule has 0 N–H and O–H groups in total. The standard InChI is InChI=1S/C17H20O7/c1-11(18)23-15-10-21-14(17(15,3)24-12(2)19)9-22-16(20)13-7-5-4-6-8-13/h4-8,14-15H,9-10H2,1-3H3/t14-,15?,17?/m1/s1. The molecule has 0 saturated carbocycles. The van der Waals surface area contributed by atoms with Crippen molar-refractivity contribution in [3.63, 3.8) is 0 Å². The van der Waals surface area contributed by atoms with Crippen LogP contribution in [0.3, 0.4) is 0 Å². The average Bonchev–Trinajstić information content (AvgIpc) is 2.80. The van der Waals surface area contributed by atoms with Crippen molar-refractivity contribution in [2.75, 3.05) is 13.2 Å². The van der Waals surface area contributed by atoms with Gasteiger partial charge in [-0.2, -0.15) is 0 Å². The molecule has 0 radical (unpaired) electrons. The van der Waals surface area contributed by atoms with Crippen LogP contribution in [0.5, 0.6) is 0 Å². The minimum atomic E-state index is -1.23. The van der Waals surface area contributed by atoms with Crippen LogP contribution in [-0.2, 0) is 28.5 Å². The SMILES string of the molecule is CC(=O)OC1CO[C@H](COC(=O)c2ccccc2)C1(C)OC(C)=O. The van der Waals surface area contributed by atoms with E-state index >= 15 is 0 Å². The van der Waals surface area contributed by atoms with Crippen LogP contribution >= 0.6 is 0 Å². The van der Waals surface area contributed by atoms with Gasteiger partial charge in [0.05, 0.1) is 12.2 Å². The number of carbonyl (C=O) groups excluding carboxylic acids is 3. The first kappa shape index (κ1) is 17.9. The summed E-state index contributed by atoms with van der Waals surface area (Å²) < 4.78 is 21.3. The van der Waals surface area contributed by atoms with E-state index < -0.39 is 35.7 Å². The first-order chi connectivity index (χ1) is 11.3. The first-order valence-corrected chi connectivity index (χ1v) is 7.53. The highest BCUT2D eigenvalue weighted by molar-refractivity contribution is 5.89. The molecule has 1 aliphatic heterocycles. The second kappa shape index (κ2) is 7.44. The monoisotopic (exact) mass is 336 g/mol. The quantitative estimate of drug-likeness (QED) is 0.594. The van der Waals surface area contributed by atoms with Gasteiger partial charge in [0.2, 0.25) is 0 Å². The van der Waals surface area contributed by atoms with E-state index in [0.29, 0.717) is 5.56 Å². The first-order valence-electron chi connectivity index (χ1n) is 7.53. The van der Waals surface area contributed by atoms with E-state index in [9.17, 15) is 14.4 Å². The van der Waals surface area contributed by atoms with Crippen LogP contribution in [0.25, 0.3) is 0 Å². The number of benzene rings is 1. The van der Waals surface area contributed by atoms with Crippen LogP contribution in [0.15, 0.2) is 30.3 Å². The molecule has 2 rings (SSSR count). The molecule has 1 aliphatic rings. The highest BCUT2D eigenvalue weighted by Crippen LogP contribution is 2.33. The Morgan fingerprint density at radius 1 is 1.17 bits per heavy atom. The Balaban J connectivity index is 2.06. The van der Waals surface area contributed by atoms with E-state index in [1.54, 1.807) is 37.3 Å². The van der Waals surface area contributed by atoms with Crippen molar-refractivity contribution in [1.82, 2.24) is 0 Å². The zero-order valence-electron chi connectivity index (χ0n) is 13.8. The number of esters is 3. The molecule has 24 heavy (non-hydrogen) atoms. The zero-order chi connectivity index (χ0) is 17.7. The van der Waals surface area contributed by atoms with Gasteiger partial charge in [-0.25, -0.2) is 4.79 Å².